The Kier molecular flexibility index (Phi) is 5.52. The molecular formula is C23H21FN4O. The fourth-order valence-electron chi connectivity index (χ4n) is 3.25. The van der Waals surface area contributed by atoms with Gasteiger partial charge in [0.25, 0.3) is 5.91 Å². The molecule has 0 radical (unpaired) electrons. The van der Waals surface area contributed by atoms with Crippen LogP contribution in [0.5, 0.6) is 0 Å². The monoisotopic (exact) mass is 388 g/mol. The molecule has 146 valence electrons. The van der Waals surface area contributed by atoms with Crippen LogP contribution < -0.4 is 10.6 Å². The van der Waals surface area contributed by atoms with Gasteiger partial charge in [0.1, 0.15) is 11.5 Å². The summed E-state index contributed by atoms with van der Waals surface area (Å²) >= 11 is 0. The molecule has 0 fully saturated rings. The molecule has 0 aliphatic carbocycles. The van der Waals surface area contributed by atoms with Gasteiger partial charge in [0.15, 0.2) is 0 Å². The molecule has 29 heavy (non-hydrogen) atoms. The van der Waals surface area contributed by atoms with E-state index in [0.717, 1.165) is 24.2 Å². The first-order valence-electron chi connectivity index (χ1n) is 9.47. The van der Waals surface area contributed by atoms with E-state index in [4.69, 9.17) is 0 Å². The zero-order chi connectivity index (χ0) is 20.1. The lowest BCUT2D eigenvalue weighted by atomic mass is 10.1. The van der Waals surface area contributed by atoms with Crippen molar-refractivity contribution in [1.29, 1.82) is 0 Å². The number of benzene rings is 2. The van der Waals surface area contributed by atoms with Gasteiger partial charge in [-0.25, -0.2) is 4.39 Å². The van der Waals surface area contributed by atoms with E-state index in [0.29, 0.717) is 11.3 Å². The fourth-order valence-corrected chi connectivity index (χ4v) is 3.25. The van der Waals surface area contributed by atoms with Crippen LogP contribution in [0, 0.1) is 5.82 Å². The number of pyridine rings is 1. The zero-order valence-corrected chi connectivity index (χ0v) is 15.8. The fraction of sp³-hybridized carbons (Fsp3) is 0.130. The lowest BCUT2D eigenvalue weighted by molar-refractivity contribution is 0.0945. The molecule has 1 amide bonds. The summed E-state index contributed by atoms with van der Waals surface area (Å²) in [7, 11) is 0. The van der Waals surface area contributed by atoms with Gasteiger partial charge in [-0.2, -0.15) is 0 Å². The van der Waals surface area contributed by atoms with Crippen molar-refractivity contribution in [3.8, 4) is 0 Å². The minimum Gasteiger partial charge on any atom is -0.385 e. The van der Waals surface area contributed by atoms with Crippen LogP contribution in [-0.4, -0.2) is 22.4 Å². The van der Waals surface area contributed by atoms with Gasteiger partial charge < -0.3 is 15.6 Å². The third kappa shape index (κ3) is 4.43. The molecule has 0 unspecified atom stereocenters. The molecule has 0 atom stereocenters. The molecule has 0 saturated heterocycles. The second-order valence-corrected chi connectivity index (χ2v) is 6.74. The summed E-state index contributed by atoms with van der Waals surface area (Å²) in [6, 6.07) is 18.1. The molecule has 0 bridgehead atoms. The highest BCUT2D eigenvalue weighted by atomic mass is 19.1. The number of fused-ring (bicyclic) bond motifs is 1. The van der Waals surface area contributed by atoms with Crippen LogP contribution in [0.3, 0.4) is 0 Å². The van der Waals surface area contributed by atoms with Gasteiger partial charge in [0.05, 0.1) is 0 Å². The van der Waals surface area contributed by atoms with Crippen LogP contribution in [0.2, 0.25) is 0 Å². The smallest absolute Gasteiger partial charge is 0.270 e. The van der Waals surface area contributed by atoms with Crippen LogP contribution in [-0.2, 0) is 13.0 Å². The number of H-pyrrole nitrogens is 1. The Morgan fingerprint density at radius 1 is 1.03 bits per heavy atom. The number of aromatic nitrogens is 2. The third-order valence-corrected chi connectivity index (χ3v) is 4.79. The topological polar surface area (TPSA) is 69.8 Å². The highest BCUT2D eigenvalue weighted by molar-refractivity contribution is 5.93. The third-order valence-electron chi connectivity index (χ3n) is 4.79. The minimum atomic E-state index is -0.339. The standard InChI is InChI=1S/C23H21FN4O/c24-20-7-3-1-5-17(20)15-28-23(29)22-13-18(10-12-26-22)25-11-9-16-14-27-21-8-4-2-6-19(16)21/h1-8,10,12-14,27H,9,11,15H2,(H,25,26)(H,28,29). The lowest BCUT2D eigenvalue weighted by Gasteiger charge is -2.09. The highest BCUT2D eigenvalue weighted by Crippen LogP contribution is 2.18. The molecule has 5 nitrogen and oxygen atoms in total. The van der Waals surface area contributed by atoms with Gasteiger partial charge in [0, 0.05) is 47.6 Å². The summed E-state index contributed by atoms with van der Waals surface area (Å²) in [5.41, 5.74) is 3.91. The molecule has 6 heteroatoms. The minimum absolute atomic E-state index is 0.116. The number of nitrogens with zero attached hydrogens (tertiary/aromatic N) is 1. The number of anilines is 1. The number of hydrogen-bond acceptors (Lipinski definition) is 3. The van der Waals surface area contributed by atoms with Crippen molar-refractivity contribution in [2.24, 2.45) is 0 Å². The lowest BCUT2D eigenvalue weighted by Crippen LogP contribution is -2.24. The van der Waals surface area contributed by atoms with Crippen LogP contribution >= 0.6 is 0 Å². The number of carbonyl (C=O) groups excluding carboxylic acids is 1. The van der Waals surface area contributed by atoms with Crippen LogP contribution in [0.25, 0.3) is 10.9 Å². The van der Waals surface area contributed by atoms with E-state index in [1.165, 1.54) is 17.0 Å². The Balaban J connectivity index is 1.34. The van der Waals surface area contributed by atoms with E-state index < -0.39 is 0 Å². The van der Waals surface area contributed by atoms with E-state index in [9.17, 15) is 9.18 Å². The quantitative estimate of drug-likeness (QED) is 0.442. The molecule has 2 aromatic heterocycles. The van der Waals surface area contributed by atoms with Crippen molar-refractivity contribution in [2.75, 3.05) is 11.9 Å². The summed E-state index contributed by atoms with van der Waals surface area (Å²) in [6.45, 7) is 0.841. The van der Waals surface area contributed by atoms with Crippen molar-refractivity contribution in [1.82, 2.24) is 15.3 Å². The van der Waals surface area contributed by atoms with E-state index in [2.05, 4.69) is 32.7 Å². The van der Waals surface area contributed by atoms with Crippen molar-refractivity contribution in [2.45, 2.75) is 13.0 Å². The van der Waals surface area contributed by atoms with Gasteiger partial charge in [-0.1, -0.05) is 36.4 Å². The van der Waals surface area contributed by atoms with Gasteiger partial charge >= 0.3 is 0 Å². The van der Waals surface area contributed by atoms with Crippen molar-refractivity contribution in [3.63, 3.8) is 0 Å². The predicted octanol–water partition coefficient (Wildman–Crippen LogP) is 4.29. The van der Waals surface area contributed by atoms with Gasteiger partial charge in [-0.15, -0.1) is 0 Å². The molecular weight excluding hydrogens is 367 g/mol. The molecule has 0 aliphatic rings. The molecule has 0 spiro atoms. The van der Waals surface area contributed by atoms with Crippen LogP contribution in [0.15, 0.2) is 73.1 Å². The van der Waals surface area contributed by atoms with Crippen LogP contribution in [0.1, 0.15) is 21.6 Å². The number of hydrogen-bond donors (Lipinski definition) is 3. The molecule has 0 aliphatic heterocycles. The van der Waals surface area contributed by atoms with Crippen molar-refractivity contribution < 1.29 is 9.18 Å². The average molecular weight is 388 g/mol. The number of aromatic amines is 1. The zero-order valence-electron chi connectivity index (χ0n) is 15.8. The maximum absolute atomic E-state index is 13.7. The SMILES string of the molecule is O=C(NCc1ccccc1F)c1cc(NCCc2c[nH]c3ccccc23)ccn1. The first-order chi connectivity index (χ1) is 14.2. The number of carbonyl (C=O) groups is 1. The largest absolute Gasteiger partial charge is 0.385 e. The first kappa shape index (κ1) is 18.7. The highest BCUT2D eigenvalue weighted by Gasteiger charge is 2.09. The van der Waals surface area contributed by atoms with Crippen molar-refractivity contribution in [3.05, 3.63) is 95.7 Å². The maximum atomic E-state index is 13.7. The van der Waals surface area contributed by atoms with E-state index >= 15 is 0 Å². The summed E-state index contributed by atoms with van der Waals surface area (Å²) in [5, 5.41) is 7.26. The van der Waals surface area contributed by atoms with Gasteiger partial charge in [-0.3, -0.25) is 9.78 Å². The molecule has 2 heterocycles. The molecule has 4 aromatic rings. The van der Waals surface area contributed by atoms with E-state index in [1.54, 1.807) is 30.5 Å². The molecule has 2 aromatic carbocycles. The number of amides is 1. The van der Waals surface area contributed by atoms with Gasteiger partial charge in [-0.05, 0) is 36.2 Å². The maximum Gasteiger partial charge on any atom is 0.270 e. The molecule has 3 N–H and O–H groups in total. The Hall–Kier alpha value is -3.67. The first-order valence-corrected chi connectivity index (χ1v) is 9.47. The summed E-state index contributed by atoms with van der Waals surface area (Å²) < 4.78 is 13.7. The summed E-state index contributed by atoms with van der Waals surface area (Å²) in [4.78, 5) is 19.8. The Morgan fingerprint density at radius 3 is 2.76 bits per heavy atom. The van der Waals surface area contributed by atoms with Gasteiger partial charge in [0.2, 0.25) is 0 Å². The van der Waals surface area contributed by atoms with E-state index in [1.807, 2.05) is 24.4 Å². The van der Waals surface area contributed by atoms with E-state index in [-0.39, 0.29) is 18.3 Å². The number of rotatable bonds is 7. The number of para-hydroxylation sites is 1. The number of halogens is 1. The second kappa shape index (κ2) is 8.56. The summed E-state index contributed by atoms with van der Waals surface area (Å²) in [6.07, 6.45) is 4.47. The normalized spacial score (nSPS) is 10.8. The average Bonchev–Trinajstić information content (AvgIpc) is 3.16. The Bertz CT molecular complexity index is 1140. The predicted molar refractivity (Wildman–Crippen MR) is 112 cm³/mol. The number of nitrogens with one attached hydrogen (secondary N) is 3. The summed E-state index contributed by atoms with van der Waals surface area (Å²) in [5.74, 6) is -0.679. The molecule has 4 rings (SSSR count). The Morgan fingerprint density at radius 2 is 1.86 bits per heavy atom. The molecule has 0 saturated carbocycles. The Labute approximate surface area is 168 Å². The second-order valence-electron chi connectivity index (χ2n) is 6.74. The van der Waals surface area contributed by atoms with Crippen LogP contribution in [0.4, 0.5) is 10.1 Å². The van der Waals surface area contributed by atoms with Crippen molar-refractivity contribution >= 4 is 22.5 Å².